The number of rotatable bonds is 4. The minimum absolute atomic E-state index is 0.0460. The number of hydrogen-bond donors (Lipinski definition) is 1. The third kappa shape index (κ3) is 2.73. The second-order valence-corrected chi connectivity index (χ2v) is 7.39. The molecule has 0 saturated heterocycles. The molecule has 0 saturated carbocycles. The summed E-state index contributed by atoms with van der Waals surface area (Å²) in [7, 11) is 1.69. The first kappa shape index (κ1) is 16.0. The smallest absolute Gasteiger partial charge is 0.331 e. The Labute approximate surface area is 137 Å². The van der Waals surface area contributed by atoms with Gasteiger partial charge in [0.25, 0.3) is 5.56 Å². The van der Waals surface area contributed by atoms with E-state index in [2.05, 4.69) is 5.32 Å². The van der Waals surface area contributed by atoms with E-state index in [4.69, 9.17) is 0 Å². The highest BCUT2D eigenvalue weighted by atomic mass is 32.1. The number of nitrogens with one attached hydrogen (secondary N) is 1. The van der Waals surface area contributed by atoms with Crippen LogP contribution in [0.5, 0.6) is 0 Å². The number of thiophene rings is 1. The third-order valence-corrected chi connectivity index (χ3v) is 5.56. The Hall–Kier alpha value is -1.89. The van der Waals surface area contributed by atoms with Crippen LogP contribution >= 0.6 is 11.3 Å². The minimum atomic E-state index is -0.347. The molecule has 0 unspecified atom stereocenters. The molecule has 0 aromatic carbocycles. The Morgan fingerprint density at radius 2 is 2.04 bits per heavy atom. The molecular formula is C16H21N3O3S. The first-order valence-electron chi connectivity index (χ1n) is 7.93. The molecule has 2 aromatic rings. The topological polar surface area (TPSA) is 73.1 Å². The summed E-state index contributed by atoms with van der Waals surface area (Å²) in [6, 6.07) is 0.0460. The van der Waals surface area contributed by atoms with Crippen molar-refractivity contribution in [3.8, 4) is 0 Å². The summed E-state index contributed by atoms with van der Waals surface area (Å²) in [5.74, 6) is -0.149. The summed E-state index contributed by atoms with van der Waals surface area (Å²) in [6.45, 7) is 3.87. The Balaban J connectivity index is 2.02. The van der Waals surface area contributed by atoms with Gasteiger partial charge in [-0.2, -0.15) is 0 Å². The predicted molar refractivity (Wildman–Crippen MR) is 91.2 cm³/mol. The molecule has 1 N–H and O–H groups in total. The molecule has 0 spiro atoms. The fourth-order valence-corrected chi connectivity index (χ4v) is 4.48. The van der Waals surface area contributed by atoms with Crippen LogP contribution in [0.25, 0.3) is 10.2 Å². The zero-order valence-corrected chi connectivity index (χ0v) is 14.5. The standard InChI is InChI=1S/C16H21N3O3S/c1-9(2)17-12(20)7-8-19-14(21)13-10-5-4-6-11(10)23-15(13)18(3)16(19)22/h9H,4-8H2,1-3H3,(H,17,20). The van der Waals surface area contributed by atoms with Crippen LogP contribution < -0.4 is 16.6 Å². The van der Waals surface area contributed by atoms with Crippen molar-refractivity contribution in [2.45, 2.75) is 52.1 Å². The van der Waals surface area contributed by atoms with Gasteiger partial charge >= 0.3 is 5.69 Å². The van der Waals surface area contributed by atoms with Gasteiger partial charge in [0, 0.05) is 30.9 Å². The largest absolute Gasteiger partial charge is 0.354 e. The molecule has 1 amide bonds. The van der Waals surface area contributed by atoms with Crippen LogP contribution in [0.15, 0.2) is 9.59 Å². The molecule has 23 heavy (non-hydrogen) atoms. The molecule has 7 heteroatoms. The fraction of sp³-hybridized carbons (Fsp3) is 0.562. The normalized spacial score (nSPS) is 13.7. The minimum Gasteiger partial charge on any atom is -0.354 e. The monoisotopic (exact) mass is 335 g/mol. The molecule has 6 nitrogen and oxygen atoms in total. The van der Waals surface area contributed by atoms with Crippen LogP contribution in [0, 0.1) is 0 Å². The van der Waals surface area contributed by atoms with Gasteiger partial charge in [-0.15, -0.1) is 11.3 Å². The molecule has 1 aliphatic rings. The first-order chi connectivity index (χ1) is 10.9. The number of carbonyl (C=O) groups excluding carboxylic acids is 1. The summed E-state index contributed by atoms with van der Waals surface area (Å²) in [6.07, 6.45) is 3.08. The molecule has 0 aliphatic heterocycles. The quantitative estimate of drug-likeness (QED) is 0.911. The highest BCUT2D eigenvalue weighted by Crippen LogP contribution is 2.34. The number of aromatic nitrogens is 2. The number of amides is 1. The Bertz CT molecular complexity index is 889. The number of hydrogen-bond acceptors (Lipinski definition) is 4. The highest BCUT2D eigenvalue weighted by Gasteiger charge is 2.23. The van der Waals surface area contributed by atoms with Gasteiger partial charge in [0.15, 0.2) is 0 Å². The first-order valence-corrected chi connectivity index (χ1v) is 8.75. The molecular weight excluding hydrogens is 314 g/mol. The average Bonchev–Trinajstić information content (AvgIpc) is 3.04. The molecule has 3 rings (SSSR count). The summed E-state index contributed by atoms with van der Waals surface area (Å²) in [5, 5.41) is 3.45. The lowest BCUT2D eigenvalue weighted by Gasteiger charge is -2.11. The van der Waals surface area contributed by atoms with E-state index in [1.807, 2.05) is 13.8 Å². The van der Waals surface area contributed by atoms with E-state index in [0.29, 0.717) is 5.39 Å². The van der Waals surface area contributed by atoms with E-state index in [0.717, 1.165) is 29.7 Å². The zero-order valence-electron chi connectivity index (χ0n) is 13.6. The molecule has 0 atom stereocenters. The van der Waals surface area contributed by atoms with Crippen molar-refractivity contribution in [3.05, 3.63) is 31.3 Å². The van der Waals surface area contributed by atoms with Gasteiger partial charge < -0.3 is 5.32 Å². The van der Waals surface area contributed by atoms with E-state index < -0.39 is 0 Å². The van der Waals surface area contributed by atoms with Crippen LogP contribution in [-0.4, -0.2) is 21.1 Å². The molecule has 0 bridgehead atoms. The van der Waals surface area contributed by atoms with Gasteiger partial charge in [0.2, 0.25) is 5.91 Å². The summed E-state index contributed by atoms with van der Waals surface area (Å²) >= 11 is 1.55. The highest BCUT2D eigenvalue weighted by molar-refractivity contribution is 7.18. The van der Waals surface area contributed by atoms with Crippen molar-refractivity contribution in [1.29, 1.82) is 0 Å². The van der Waals surface area contributed by atoms with Crippen LogP contribution in [0.4, 0.5) is 0 Å². The van der Waals surface area contributed by atoms with E-state index in [9.17, 15) is 14.4 Å². The van der Waals surface area contributed by atoms with Gasteiger partial charge in [-0.1, -0.05) is 0 Å². The molecule has 2 aromatic heterocycles. The van der Waals surface area contributed by atoms with E-state index >= 15 is 0 Å². The van der Waals surface area contributed by atoms with Crippen molar-refractivity contribution < 1.29 is 4.79 Å². The maximum absolute atomic E-state index is 12.8. The lowest BCUT2D eigenvalue weighted by Crippen LogP contribution is -2.40. The van der Waals surface area contributed by atoms with Gasteiger partial charge in [0.05, 0.1) is 5.39 Å². The maximum atomic E-state index is 12.8. The summed E-state index contributed by atoms with van der Waals surface area (Å²) in [4.78, 5) is 39.0. The van der Waals surface area contributed by atoms with Gasteiger partial charge in [0.1, 0.15) is 4.83 Å². The second-order valence-electron chi connectivity index (χ2n) is 6.31. The van der Waals surface area contributed by atoms with Crippen molar-refractivity contribution in [3.63, 3.8) is 0 Å². The van der Waals surface area contributed by atoms with Crippen molar-refractivity contribution in [2.75, 3.05) is 0 Å². The zero-order chi connectivity index (χ0) is 16.7. The van der Waals surface area contributed by atoms with Gasteiger partial charge in [-0.3, -0.25) is 18.7 Å². The van der Waals surface area contributed by atoms with Crippen molar-refractivity contribution in [2.24, 2.45) is 7.05 Å². The summed E-state index contributed by atoms with van der Waals surface area (Å²) in [5.41, 5.74) is 0.505. The lowest BCUT2D eigenvalue weighted by atomic mass is 10.2. The van der Waals surface area contributed by atoms with E-state index in [1.54, 1.807) is 23.0 Å². The maximum Gasteiger partial charge on any atom is 0.331 e. The van der Waals surface area contributed by atoms with Crippen LogP contribution in [0.3, 0.4) is 0 Å². The van der Waals surface area contributed by atoms with Gasteiger partial charge in [-0.25, -0.2) is 4.79 Å². The SMILES string of the molecule is CC(C)NC(=O)CCn1c(=O)c2c3c(sc2n(C)c1=O)CCC3. The Morgan fingerprint density at radius 1 is 1.30 bits per heavy atom. The number of aryl methyl sites for hydroxylation is 3. The number of nitrogens with zero attached hydrogens (tertiary/aromatic N) is 2. The summed E-state index contributed by atoms with van der Waals surface area (Å²) < 4.78 is 2.74. The van der Waals surface area contributed by atoms with Gasteiger partial charge in [-0.05, 0) is 38.7 Å². The Kier molecular flexibility index (Phi) is 4.14. The van der Waals surface area contributed by atoms with Crippen LogP contribution in [0.2, 0.25) is 0 Å². The van der Waals surface area contributed by atoms with E-state index in [-0.39, 0.29) is 36.2 Å². The van der Waals surface area contributed by atoms with Crippen LogP contribution in [-0.2, 0) is 31.2 Å². The van der Waals surface area contributed by atoms with Crippen LogP contribution in [0.1, 0.15) is 37.1 Å². The Morgan fingerprint density at radius 3 is 2.74 bits per heavy atom. The molecule has 0 fully saturated rings. The van der Waals surface area contributed by atoms with E-state index in [1.165, 1.54) is 9.44 Å². The second kappa shape index (κ2) is 5.96. The van der Waals surface area contributed by atoms with Crippen molar-refractivity contribution in [1.82, 2.24) is 14.5 Å². The molecule has 2 heterocycles. The number of fused-ring (bicyclic) bond motifs is 3. The number of carbonyl (C=O) groups is 1. The average molecular weight is 335 g/mol. The molecule has 124 valence electrons. The van der Waals surface area contributed by atoms with Crippen molar-refractivity contribution >= 4 is 27.5 Å². The molecule has 0 radical (unpaired) electrons. The lowest BCUT2D eigenvalue weighted by molar-refractivity contribution is -0.121. The predicted octanol–water partition coefficient (Wildman–Crippen LogP) is 1.17. The third-order valence-electron chi connectivity index (χ3n) is 4.20. The molecule has 1 aliphatic carbocycles. The fourth-order valence-electron chi connectivity index (χ4n) is 3.14.